The molecule has 0 spiro atoms. The quantitative estimate of drug-likeness (QED) is 0.719. The number of aryl methyl sites for hydroxylation is 2. The van der Waals surface area contributed by atoms with Crippen molar-refractivity contribution in [1.29, 1.82) is 0 Å². The van der Waals surface area contributed by atoms with E-state index in [-0.39, 0.29) is 35.0 Å². The van der Waals surface area contributed by atoms with Crippen LogP contribution in [0, 0.1) is 13.8 Å². The van der Waals surface area contributed by atoms with Crippen molar-refractivity contribution in [2.75, 3.05) is 13.1 Å². The molecule has 0 radical (unpaired) electrons. The van der Waals surface area contributed by atoms with Crippen LogP contribution >= 0.6 is 0 Å². The van der Waals surface area contributed by atoms with E-state index >= 15 is 0 Å². The van der Waals surface area contributed by atoms with Crippen LogP contribution in [0.2, 0.25) is 0 Å². The Hall–Kier alpha value is -1.74. The van der Waals surface area contributed by atoms with Crippen LogP contribution in [0.1, 0.15) is 36.8 Å². The third-order valence-corrected chi connectivity index (χ3v) is 10.1. The van der Waals surface area contributed by atoms with Gasteiger partial charge in [0.1, 0.15) is 0 Å². The first-order valence-corrected chi connectivity index (χ1v) is 13.3. The van der Waals surface area contributed by atoms with Crippen LogP contribution in [-0.2, 0) is 20.0 Å². The summed E-state index contributed by atoms with van der Waals surface area (Å²) in [4.78, 5) is 0.541. The number of benzene rings is 2. The molecule has 4 rings (SSSR count). The Bertz CT molecular complexity index is 1020. The largest absolute Gasteiger partial charge is 0.243 e. The van der Waals surface area contributed by atoms with Crippen molar-refractivity contribution in [3.63, 3.8) is 0 Å². The zero-order chi connectivity index (χ0) is 21.5. The normalized spacial score (nSPS) is 23.8. The number of hydrogen-bond donors (Lipinski definition) is 0. The standard InChI is InChI=1S/C22H28N2O4S2/c1-17-7-11-19(12-8-17)29(25,26)23-15-16-24(22-6-4-3-5-21(22)23)30(27,28)20-13-9-18(2)10-14-20/h7-14,21-22H,3-6,15-16H2,1-2H3/t21-,22-/m1/s1. The summed E-state index contributed by atoms with van der Waals surface area (Å²) in [5.74, 6) is 0. The number of rotatable bonds is 4. The van der Waals surface area contributed by atoms with Crippen molar-refractivity contribution in [3.8, 4) is 0 Å². The van der Waals surface area contributed by atoms with Crippen LogP contribution in [-0.4, -0.2) is 50.6 Å². The molecule has 0 bridgehead atoms. The zero-order valence-electron chi connectivity index (χ0n) is 17.4. The minimum atomic E-state index is -3.68. The molecular weight excluding hydrogens is 420 g/mol. The molecule has 1 saturated heterocycles. The molecule has 8 heteroatoms. The van der Waals surface area contributed by atoms with Gasteiger partial charge in [-0.05, 0) is 51.0 Å². The predicted molar refractivity (Wildman–Crippen MR) is 116 cm³/mol. The predicted octanol–water partition coefficient (Wildman–Crippen LogP) is 3.31. The van der Waals surface area contributed by atoms with Gasteiger partial charge < -0.3 is 0 Å². The summed E-state index contributed by atoms with van der Waals surface area (Å²) in [7, 11) is -7.35. The van der Waals surface area contributed by atoms with E-state index < -0.39 is 20.0 Å². The highest BCUT2D eigenvalue weighted by molar-refractivity contribution is 7.89. The van der Waals surface area contributed by atoms with Gasteiger partial charge in [-0.1, -0.05) is 48.2 Å². The molecule has 0 amide bonds. The molecule has 2 aromatic rings. The Morgan fingerprint density at radius 1 is 0.633 bits per heavy atom. The molecule has 1 heterocycles. The smallest absolute Gasteiger partial charge is 0.207 e. The lowest BCUT2D eigenvalue weighted by atomic mass is 9.89. The molecule has 1 saturated carbocycles. The zero-order valence-corrected chi connectivity index (χ0v) is 19.0. The Labute approximate surface area is 179 Å². The lowest BCUT2D eigenvalue weighted by Gasteiger charge is -2.48. The van der Waals surface area contributed by atoms with E-state index in [0.29, 0.717) is 12.8 Å². The van der Waals surface area contributed by atoms with Crippen molar-refractivity contribution < 1.29 is 16.8 Å². The summed E-state index contributed by atoms with van der Waals surface area (Å²) in [6, 6.07) is 13.1. The number of nitrogens with zero attached hydrogens (tertiary/aromatic N) is 2. The fourth-order valence-corrected chi connectivity index (χ4v) is 7.93. The summed E-state index contributed by atoms with van der Waals surface area (Å²) >= 11 is 0. The molecule has 0 aromatic heterocycles. The lowest BCUT2D eigenvalue weighted by Crippen LogP contribution is -2.62. The van der Waals surface area contributed by atoms with Gasteiger partial charge >= 0.3 is 0 Å². The molecule has 2 fully saturated rings. The number of piperazine rings is 1. The van der Waals surface area contributed by atoms with Gasteiger partial charge in [0.15, 0.2) is 0 Å². The number of hydrogen-bond acceptors (Lipinski definition) is 4. The first-order chi connectivity index (χ1) is 14.2. The fourth-order valence-electron chi connectivity index (χ4n) is 4.58. The number of fused-ring (bicyclic) bond motifs is 1. The number of sulfonamides is 2. The highest BCUT2D eigenvalue weighted by Crippen LogP contribution is 2.36. The Morgan fingerprint density at radius 2 is 0.967 bits per heavy atom. The SMILES string of the molecule is Cc1ccc(S(=O)(=O)N2CCN(S(=O)(=O)c3ccc(C)cc3)[C@@H]3CCCC[C@H]32)cc1. The van der Waals surface area contributed by atoms with Gasteiger partial charge in [0.2, 0.25) is 20.0 Å². The molecule has 2 atom stereocenters. The Balaban J connectivity index is 1.67. The Morgan fingerprint density at radius 3 is 1.30 bits per heavy atom. The van der Waals surface area contributed by atoms with E-state index in [4.69, 9.17) is 0 Å². The molecule has 0 N–H and O–H groups in total. The molecule has 2 aliphatic rings. The molecule has 1 aliphatic carbocycles. The average Bonchev–Trinajstić information content (AvgIpc) is 2.73. The van der Waals surface area contributed by atoms with E-state index in [1.165, 1.54) is 0 Å². The molecular formula is C22H28N2O4S2. The highest BCUT2D eigenvalue weighted by atomic mass is 32.2. The van der Waals surface area contributed by atoms with Crippen molar-refractivity contribution in [1.82, 2.24) is 8.61 Å². The third kappa shape index (κ3) is 3.82. The van der Waals surface area contributed by atoms with Gasteiger partial charge in [-0.15, -0.1) is 0 Å². The van der Waals surface area contributed by atoms with Gasteiger partial charge in [0.05, 0.1) is 9.79 Å². The summed E-state index contributed by atoms with van der Waals surface area (Å²) in [6.07, 6.45) is 3.16. The van der Waals surface area contributed by atoms with Crippen LogP contribution in [0.4, 0.5) is 0 Å². The first kappa shape index (κ1) is 21.5. The van der Waals surface area contributed by atoms with E-state index in [0.717, 1.165) is 24.0 Å². The third-order valence-electron chi connectivity index (χ3n) is 6.23. The van der Waals surface area contributed by atoms with E-state index in [1.807, 2.05) is 13.8 Å². The molecule has 2 aromatic carbocycles. The minimum Gasteiger partial charge on any atom is -0.207 e. The van der Waals surface area contributed by atoms with Gasteiger partial charge in [-0.3, -0.25) is 0 Å². The maximum atomic E-state index is 13.4. The van der Waals surface area contributed by atoms with E-state index in [2.05, 4.69) is 0 Å². The van der Waals surface area contributed by atoms with Gasteiger partial charge in [0, 0.05) is 25.2 Å². The van der Waals surface area contributed by atoms with Crippen molar-refractivity contribution in [2.24, 2.45) is 0 Å². The van der Waals surface area contributed by atoms with Crippen LogP contribution in [0.5, 0.6) is 0 Å². The van der Waals surface area contributed by atoms with Crippen molar-refractivity contribution in [2.45, 2.75) is 61.4 Å². The van der Waals surface area contributed by atoms with Crippen molar-refractivity contribution in [3.05, 3.63) is 59.7 Å². The monoisotopic (exact) mass is 448 g/mol. The highest BCUT2D eigenvalue weighted by Gasteiger charge is 2.47. The van der Waals surface area contributed by atoms with Crippen LogP contribution in [0.3, 0.4) is 0 Å². The van der Waals surface area contributed by atoms with Crippen LogP contribution in [0.15, 0.2) is 58.3 Å². The minimum absolute atomic E-state index is 0.169. The molecule has 1 aliphatic heterocycles. The van der Waals surface area contributed by atoms with Crippen LogP contribution < -0.4 is 0 Å². The van der Waals surface area contributed by atoms with Gasteiger partial charge in [-0.25, -0.2) is 16.8 Å². The summed E-state index contributed by atoms with van der Waals surface area (Å²) in [6.45, 7) is 4.18. The van der Waals surface area contributed by atoms with Gasteiger partial charge in [0.25, 0.3) is 0 Å². The topological polar surface area (TPSA) is 74.8 Å². The second-order valence-electron chi connectivity index (χ2n) is 8.28. The molecule has 6 nitrogen and oxygen atoms in total. The van der Waals surface area contributed by atoms with Crippen molar-refractivity contribution >= 4 is 20.0 Å². The second kappa shape index (κ2) is 8.07. The average molecular weight is 449 g/mol. The Kier molecular flexibility index (Phi) is 5.78. The summed E-state index contributed by atoms with van der Waals surface area (Å²) in [5, 5.41) is 0. The second-order valence-corrected chi connectivity index (χ2v) is 12.1. The maximum absolute atomic E-state index is 13.4. The molecule has 162 valence electrons. The van der Waals surface area contributed by atoms with Crippen LogP contribution in [0.25, 0.3) is 0 Å². The van der Waals surface area contributed by atoms with E-state index in [9.17, 15) is 16.8 Å². The van der Waals surface area contributed by atoms with Gasteiger partial charge in [-0.2, -0.15) is 8.61 Å². The first-order valence-electron chi connectivity index (χ1n) is 10.4. The molecule has 30 heavy (non-hydrogen) atoms. The summed E-state index contributed by atoms with van der Waals surface area (Å²) in [5.41, 5.74) is 2.00. The van der Waals surface area contributed by atoms with E-state index in [1.54, 1.807) is 57.1 Å². The molecule has 0 unspecified atom stereocenters. The summed E-state index contributed by atoms with van der Waals surface area (Å²) < 4.78 is 56.6. The lowest BCUT2D eigenvalue weighted by molar-refractivity contribution is 0.0957. The fraction of sp³-hybridized carbons (Fsp3) is 0.455. The maximum Gasteiger partial charge on any atom is 0.243 e.